The monoisotopic (exact) mass is 195 g/mol. The van der Waals surface area contributed by atoms with Gasteiger partial charge in [0.15, 0.2) is 0 Å². The molecule has 74 valence electrons. The second-order valence-electron chi connectivity index (χ2n) is 3.46. The number of rotatable bonds is 2. The number of benzene rings is 2. The summed E-state index contributed by atoms with van der Waals surface area (Å²) in [6.45, 7) is 2.07. The van der Waals surface area contributed by atoms with Crippen molar-refractivity contribution in [2.75, 3.05) is 0 Å². The van der Waals surface area contributed by atoms with Crippen molar-refractivity contribution in [1.82, 2.24) is 0 Å². The van der Waals surface area contributed by atoms with E-state index in [0.29, 0.717) is 0 Å². The Morgan fingerprint density at radius 2 is 1.53 bits per heavy atom. The fourth-order valence-electron chi connectivity index (χ4n) is 1.39. The molecule has 1 heteroatoms. The van der Waals surface area contributed by atoms with Gasteiger partial charge >= 0.3 is 0 Å². The standard InChI is InChI=1S/C14H13N/c1-12-7-5-6-10-14(12)15-11-13-8-3-2-4-9-13/h2-11H,1H3. The minimum Gasteiger partial charge on any atom is -0.256 e. The van der Waals surface area contributed by atoms with Crippen molar-refractivity contribution >= 4 is 11.9 Å². The molecule has 0 saturated heterocycles. The molecule has 0 atom stereocenters. The molecule has 0 heterocycles. The summed E-state index contributed by atoms with van der Waals surface area (Å²) in [7, 11) is 0. The van der Waals surface area contributed by atoms with Crippen LogP contribution in [0.25, 0.3) is 0 Å². The van der Waals surface area contributed by atoms with Gasteiger partial charge in [-0.2, -0.15) is 0 Å². The van der Waals surface area contributed by atoms with E-state index in [1.807, 2.05) is 54.7 Å². The van der Waals surface area contributed by atoms with Crippen LogP contribution in [0.15, 0.2) is 59.6 Å². The van der Waals surface area contributed by atoms with E-state index >= 15 is 0 Å². The summed E-state index contributed by atoms with van der Waals surface area (Å²) in [4.78, 5) is 4.45. The van der Waals surface area contributed by atoms with Crippen LogP contribution in [0.2, 0.25) is 0 Å². The van der Waals surface area contributed by atoms with Gasteiger partial charge in [0.25, 0.3) is 0 Å². The van der Waals surface area contributed by atoms with E-state index < -0.39 is 0 Å². The van der Waals surface area contributed by atoms with Crippen LogP contribution in [0.5, 0.6) is 0 Å². The molecule has 1 nitrogen and oxygen atoms in total. The van der Waals surface area contributed by atoms with Gasteiger partial charge in [-0.25, -0.2) is 0 Å². The van der Waals surface area contributed by atoms with Crippen LogP contribution in [0.1, 0.15) is 11.1 Å². The van der Waals surface area contributed by atoms with E-state index in [1.54, 1.807) is 0 Å². The lowest BCUT2D eigenvalue weighted by Crippen LogP contribution is -1.79. The molecule has 0 aromatic heterocycles. The molecule has 0 N–H and O–H groups in total. The zero-order valence-corrected chi connectivity index (χ0v) is 8.72. The van der Waals surface area contributed by atoms with Crippen molar-refractivity contribution in [1.29, 1.82) is 0 Å². The summed E-state index contributed by atoms with van der Waals surface area (Å²) in [5.74, 6) is 0. The molecule has 15 heavy (non-hydrogen) atoms. The Morgan fingerprint density at radius 1 is 0.867 bits per heavy atom. The van der Waals surface area contributed by atoms with E-state index in [0.717, 1.165) is 11.3 Å². The average molecular weight is 195 g/mol. The Bertz CT molecular complexity index is 458. The van der Waals surface area contributed by atoms with Crippen molar-refractivity contribution in [2.24, 2.45) is 4.99 Å². The number of hydrogen-bond acceptors (Lipinski definition) is 1. The molecule has 0 fully saturated rings. The summed E-state index contributed by atoms with van der Waals surface area (Å²) < 4.78 is 0. The summed E-state index contributed by atoms with van der Waals surface area (Å²) >= 11 is 0. The first kappa shape index (κ1) is 9.66. The highest BCUT2D eigenvalue weighted by Crippen LogP contribution is 2.16. The fourth-order valence-corrected chi connectivity index (χ4v) is 1.39. The van der Waals surface area contributed by atoms with Gasteiger partial charge in [-0.1, -0.05) is 48.5 Å². The van der Waals surface area contributed by atoms with E-state index in [2.05, 4.69) is 18.0 Å². The van der Waals surface area contributed by atoms with Crippen molar-refractivity contribution < 1.29 is 0 Å². The topological polar surface area (TPSA) is 12.4 Å². The lowest BCUT2D eigenvalue weighted by atomic mass is 10.2. The van der Waals surface area contributed by atoms with Gasteiger partial charge in [0.1, 0.15) is 0 Å². The lowest BCUT2D eigenvalue weighted by molar-refractivity contribution is 1.40. The molecule has 0 aliphatic rings. The lowest BCUT2D eigenvalue weighted by Gasteiger charge is -1.97. The number of nitrogens with zero attached hydrogens (tertiary/aromatic N) is 1. The minimum absolute atomic E-state index is 1.03. The molecule has 0 spiro atoms. The zero-order chi connectivity index (χ0) is 10.5. The van der Waals surface area contributed by atoms with Crippen LogP contribution < -0.4 is 0 Å². The van der Waals surface area contributed by atoms with Crippen molar-refractivity contribution in [3.05, 3.63) is 65.7 Å². The van der Waals surface area contributed by atoms with Crippen molar-refractivity contribution in [3.8, 4) is 0 Å². The van der Waals surface area contributed by atoms with Gasteiger partial charge in [0.2, 0.25) is 0 Å². The zero-order valence-electron chi connectivity index (χ0n) is 8.72. The van der Waals surface area contributed by atoms with Gasteiger partial charge < -0.3 is 0 Å². The largest absolute Gasteiger partial charge is 0.256 e. The van der Waals surface area contributed by atoms with Crippen LogP contribution in [-0.2, 0) is 0 Å². The highest BCUT2D eigenvalue weighted by molar-refractivity contribution is 5.82. The molecule has 0 unspecified atom stereocenters. The Morgan fingerprint density at radius 3 is 2.27 bits per heavy atom. The summed E-state index contributed by atoms with van der Waals surface area (Å²) in [5, 5.41) is 0. The number of aliphatic imine (C=N–C) groups is 1. The van der Waals surface area contributed by atoms with Crippen LogP contribution in [0, 0.1) is 6.92 Å². The molecule has 2 aromatic carbocycles. The third-order valence-electron chi connectivity index (χ3n) is 2.27. The van der Waals surface area contributed by atoms with E-state index in [-0.39, 0.29) is 0 Å². The minimum atomic E-state index is 1.03. The van der Waals surface area contributed by atoms with Gasteiger partial charge in [-0.15, -0.1) is 0 Å². The smallest absolute Gasteiger partial charge is 0.0659 e. The molecule has 2 aromatic rings. The van der Waals surface area contributed by atoms with Gasteiger partial charge in [0, 0.05) is 6.21 Å². The molecule has 0 amide bonds. The second-order valence-corrected chi connectivity index (χ2v) is 3.46. The maximum atomic E-state index is 4.45. The van der Waals surface area contributed by atoms with E-state index in [9.17, 15) is 0 Å². The maximum absolute atomic E-state index is 4.45. The first-order chi connectivity index (χ1) is 7.36. The molecular weight excluding hydrogens is 182 g/mol. The summed E-state index contributed by atoms with van der Waals surface area (Å²) in [5.41, 5.74) is 3.35. The van der Waals surface area contributed by atoms with E-state index in [4.69, 9.17) is 0 Å². The SMILES string of the molecule is Cc1ccccc1N=Cc1ccccc1. The molecule has 0 aliphatic heterocycles. The highest BCUT2D eigenvalue weighted by Gasteiger charge is 1.91. The van der Waals surface area contributed by atoms with Crippen molar-refractivity contribution in [2.45, 2.75) is 6.92 Å². The maximum Gasteiger partial charge on any atom is 0.0659 e. The number of para-hydroxylation sites is 1. The Kier molecular flexibility index (Phi) is 2.93. The first-order valence-electron chi connectivity index (χ1n) is 5.01. The Hall–Kier alpha value is -1.89. The van der Waals surface area contributed by atoms with Gasteiger partial charge in [-0.3, -0.25) is 4.99 Å². The van der Waals surface area contributed by atoms with Crippen LogP contribution >= 0.6 is 0 Å². The Labute approximate surface area is 90.1 Å². The normalized spacial score (nSPS) is 10.7. The van der Waals surface area contributed by atoms with Crippen LogP contribution in [0.3, 0.4) is 0 Å². The molecular formula is C14H13N. The Balaban J connectivity index is 2.23. The van der Waals surface area contributed by atoms with Crippen molar-refractivity contribution in [3.63, 3.8) is 0 Å². The fraction of sp³-hybridized carbons (Fsp3) is 0.0714. The third kappa shape index (κ3) is 2.53. The molecule has 0 radical (unpaired) electrons. The quantitative estimate of drug-likeness (QED) is 0.647. The first-order valence-corrected chi connectivity index (χ1v) is 5.01. The third-order valence-corrected chi connectivity index (χ3v) is 2.27. The average Bonchev–Trinajstić information content (AvgIpc) is 2.29. The van der Waals surface area contributed by atoms with Gasteiger partial charge in [0.05, 0.1) is 5.69 Å². The van der Waals surface area contributed by atoms with Crippen LogP contribution in [-0.4, -0.2) is 6.21 Å². The molecule has 0 bridgehead atoms. The summed E-state index contributed by atoms with van der Waals surface area (Å²) in [6, 6.07) is 18.2. The second kappa shape index (κ2) is 4.56. The molecule has 0 aliphatic carbocycles. The molecule has 2 rings (SSSR count). The van der Waals surface area contributed by atoms with E-state index in [1.165, 1.54) is 5.56 Å². The number of aryl methyl sites for hydroxylation is 1. The summed E-state index contributed by atoms with van der Waals surface area (Å²) in [6.07, 6.45) is 1.89. The number of hydrogen-bond donors (Lipinski definition) is 0. The predicted octanol–water partition coefficient (Wildman–Crippen LogP) is 3.75. The highest BCUT2D eigenvalue weighted by atomic mass is 14.7. The van der Waals surface area contributed by atoms with Gasteiger partial charge in [-0.05, 0) is 24.1 Å². The van der Waals surface area contributed by atoms with Crippen LogP contribution in [0.4, 0.5) is 5.69 Å². The molecule has 0 saturated carbocycles. The predicted molar refractivity (Wildman–Crippen MR) is 64.9 cm³/mol.